The Morgan fingerprint density at radius 1 is 1.45 bits per heavy atom. The molecule has 1 heteroatoms. The monoisotopic (exact) mass is 153 g/mol. The molecular weight excluding hydrogens is 134 g/mol. The zero-order chi connectivity index (χ0) is 8.32. The number of allylic oxidation sites excluding steroid dienone is 2. The van der Waals surface area contributed by atoms with E-state index in [1.165, 1.54) is 31.3 Å². The summed E-state index contributed by atoms with van der Waals surface area (Å²) in [6.07, 6.45) is 7.59. The minimum atomic E-state index is 0.497. The van der Waals surface area contributed by atoms with Gasteiger partial charge in [-0.3, -0.25) is 0 Å². The van der Waals surface area contributed by atoms with E-state index in [0.29, 0.717) is 5.41 Å². The summed E-state index contributed by atoms with van der Waals surface area (Å²) in [6.45, 7) is 5.18. The molecule has 0 atom stereocenters. The molecule has 1 nitrogen and oxygen atoms in total. The first kappa shape index (κ1) is 8.79. The summed E-state index contributed by atoms with van der Waals surface area (Å²) >= 11 is 0. The smallest absolute Gasteiger partial charge is 0.00176 e. The van der Waals surface area contributed by atoms with Crippen LogP contribution >= 0.6 is 0 Å². The third-order valence-electron chi connectivity index (χ3n) is 2.79. The lowest BCUT2D eigenvalue weighted by Gasteiger charge is -2.40. The molecule has 64 valence electrons. The Labute approximate surface area is 69.7 Å². The van der Waals surface area contributed by atoms with E-state index in [1.807, 2.05) is 0 Å². The van der Waals surface area contributed by atoms with Crippen LogP contribution < -0.4 is 5.73 Å². The maximum absolute atomic E-state index is 5.73. The Morgan fingerprint density at radius 2 is 2.09 bits per heavy atom. The van der Waals surface area contributed by atoms with Crippen molar-refractivity contribution in [1.29, 1.82) is 0 Å². The van der Waals surface area contributed by atoms with Crippen LogP contribution in [0.4, 0.5) is 0 Å². The minimum Gasteiger partial charge on any atom is -0.330 e. The molecule has 0 aromatic rings. The van der Waals surface area contributed by atoms with Crippen LogP contribution in [0.3, 0.4) is 0 Å². The fraction of sp³-hybridized carbons (Fsp3) is 0.800. The molecule has 1 aliphatic rings. The zero-order valence-corrected chi connectivity index (χ0v) is 7.69. The van der Waals surface area contributed by atoms with Crippen molar-refractivity contribution in [3.63, 3.8) is 0 Å². The van der Waals surface area contributed by atoms with Gasteiger partial charge in [0.25, 0.3) is 0 Å². The van der Waals surface area contributed by atoms with E-state index >= 15 is 0 Å². The molecule has 11 heavy (non-hydrogen) atoms. The van der Waals surface area contributed by atoms with Gasteiger partial charge in [0, 0.05) is 0 Å². The van der Waals surface area contributed by atoms with Gasteiger partial charge in [-0.25, -0.2) is 0 Å². The molecule has 1 aliphatic carbocycles. The highest BCUT2D eigenvalue weighted by Gasteiger charge is 2.33. The Morgan fingerprint density at radius 3 is 2.36 bits per heavy atom. The van der Waals surface area contributed by atoms with E-state index in [2.05, 4.69) is 19.9 Å². The molecule has 0 bridgehead atoms. The molecule has 1 fully saturated rings. The van der Waals surface area contributed by atoms with Gasteiger partial charge >= 0.3 is 0 Å². The highest BCUT2D eigenvalue weighted by atomic mass is 14.6. The van der Waals surface area contributed by atoms with Crippen molar-refractivity contribution in [1.82, 2.24) is 0 Å². The van der Waals surface area contributed by atoms with Gasteiger partial charge in [-0.1, -0.05) is 18.1 Å². The molecular formula is C10H19N. The van der Waals surface area contributed by atoms with Gasteiger partial charge in [0.05, 0.1) is 0 Å². The Bertz CT molecular complexity index is 145. The van der Waals surface area contributed by atoms with Crippen molar-refractivity contribution in [3.05, 3.63) is 11.6 Å². The van der Waals surface area contributed by atoms with E-state index in [9.17, 15) is 0 Å². The van der Waals surface area contributed by atoms with Crippen LogP contribution in [0.1, 0.15) is 39.5 Å². The van der Waals surface area contributed by atoms with Crippen LogP contribution in [-0.4, -0.2) is 6.54 Å². The maximum Gasteiger partial charge on any atom is -0.00176 e. The second-order valence-corrected chi connectivity index (χ2v) is 4.04. The van der Waals surface area contributed by atoms with Gasteiger partial charge in [-0.05, 0) is 45.1 Å². The fourth-order valence-corrected chi connectivity index (χ4v) is 1.59. The third kappa shape index (κ3) is 2.06. The lowest BCUT2D eigenvalue weighted by Crippen LogP contribution is -2.36. The second-order valence-electron chi connectivity index (χ2n) is 4.04. The fourth-order valence-electron chi connectivity index (χ4n) is 1.59. The Balaban J connectivity index is 2.39. The summed E-state index contributed by atoms with van der Waals surface area (Å²) in [4.78, 5) is 0. The Hall–Kier alpha value is -0.300. The van der Waals surface area contributed by atoms with E-state index in [4.69, 9.17) is 5.73 Å². The van der Waals surface area contributed by atoms with Crippen molar-refractivity contribution < 1.29 is 0 Å². The molecule has 1 saturated carbocycles. The highest BCUT2D eigenvalue weighted by molar-refractivity contribution is 5.00. The van der Waals surface area contributed by atoms with Gasteiger partial charge in [0.2, 0.25) is 0 Å². The van der Waals surface area contributed by atoms with Gasteiger partial charge in [-0.2, -0.15) is 0 Å². The van der Waals surface area contributed by atoms with Crippen LogP contribution in [0.5, 0.6) is 0 Å². The molecule has 0 heterocycles. The lowest BCUT2D eigenvalue weighted by molar-refractivity contribution is 0.148. The van der Waals surface area contributed by atoms with E-state index in [-0.39, 0.29) is 0 Å². The minimum absolute atomic E-state index is 0.497. The summed E-state index contributed by atoms with van der Waals surface area (Å²) < 4.78 is 0. The molecule has 0 spiro atoms. The number of nitrogens with two attached hydrogens (primary N) is 1. The molecule has 0 aromatic heterocycles. The summed E-state index contributed by atoms with van der Waals surface area (Å²) in [5.74, 6) is 0. The lowest BCUT2D eigenvalue weighted by atomic mass is 9.66. The van der Waals surface area contributed by atoms with Crippen molar-refractivity contribution in [3.8, 4) is 0 Å². The van der Waals surface area contributed by atoms with E-state index in [0.717, 1.165) is 6.54 Å². The molecule has 0 saturated heterocycles. The topological polar surface area (TPSA) is 26.0 Å². The van der Waals surface area contributed by atoms with Crippen molar-refractivity contribution in [2.24, 2.45) is 11.1 Å². The summed E-state index contributed by atoms with van der Waals surface area (Å²) in [5.41, 5.74) is 7.64. The van der Waals surface area contributed by atoms with E-state index < -0.39 is 0 Å². The van der Waals surface area contributed by atoms with Gasteiger partial charge in [0.1, 0.15) is 0 Å². The van der Waals surface area contributed by atoms with Gasteiger partial charge < -0.3 is 5.73 Å². The summed E-state index contributed by atoms with van der Waals surface area (Å²) in [6, 6.07) is 0. The zero-order valence-electron chi connectivity index (χ0n) is 7.69. The van der Waals surface area contributed by atoms with Gasteiger partial charge in [-0.15, -0.1) is 0 Å². The molecule has 0 unspecified atom stereocenters. The second kappa shape index (κ2) is 3.40. The normalized spacial score (nSPS) is 20.6. The standard InChI is InChI=1S/C10H19N/c1-9(2)4-7-10(8-11)5-3-6-10/h4H,3,5-8,11H2,1-2H3. The van der Waals surface area contributed by atoms with Crippen LogP contribution in [0.2, 0.25) is 0 Å². The molecule has 0 amide bonds. The molecule has 0 radical (unpaired) electrons. The Kier molecular flexibility index (Phi) is 2.72. The van der Waals surface area contributed by atoms with Crippen molar-refractivity contribution in [2.75, 3.05) is 6.54 Å². The summed E-state index contributed by atoms with van der Waals surface area (Å²) in [5, 5.41) is 0. The SMILES string of the molecule is CC(C)=CCC1(CN)CCC1. The van der Waals surface area contributed by atoms with Crippen LogP contribution in [-0.2, 0) is 0 Å². The average molecular weight is 153 g/mol. The predicted molar refractivity (Wildman–Crippen MR) is 49.4 cm³/mol. The number of rotatable bonds is 3. The summed E-state index contributed by atoms with van der Waals surface area (Å²) in [7, 11) is 0. The van der Waals surface area contributed by atoms with Crippen molar-refractivity contribution in [2.45, 2.75) is 39.5 Å². The third-order valence-corrected chi connectivity index (χ3v) is 2.79. The van der Waals surface area contributed by atoms with Crippen LogP contribution in [0, 0.1) is 5.41 Å². The molecule has 2 N–H and O–H groups in total. The van der Waals surface area contributed by atoms with Gasteiger partial charge in [0.15, 0.2) is 0 Å². The first-order valence-corrected chi connectivity index (χ1v) is 4.52. The number of hydrogen-bond donors (Lipinski definition) is 1. The molecule has 0 aromatic carbocycles. The van der Waals surface area contributed by atoms with E-state index in [1.54, 1.807) is 0 Å². The van der Waals surface area contributed by atoms with Crippen LogP contribution in [0.15, 0.2) is 11.6 Å². The maximum atomic E-state index is 5.73. The highest BCUT2D eigenvalue weighted by Crippen LogP contribution is 2.43. The first-order chi connectivity index (χ1) is 5.18. The van der Waals surface area contributed by atoms with Crippen molar-refractivity contribution >= 4 is 0 Å². The average Bonchev–Trinajstić information content (AvgIpc) is 1.86. The molecule has 1 rings (SSSR count). The number of hydrogen-bond acceptors (Lipinski definition) is 1. The quantitative estimate of drug-likeness (QED) is 0.619. The molecule has 0 aliphatic heterocycles. The predicted octanol–water partition coefficient (Wildman–Crippen LogP) is 2.47. The first-order valence-electron chi connectivity index (χ1n) is 4.52. The van der Waals surface area contributed by atoms with Crippen LogP contribution in [0.25, 0.3) is 0 Å². The largest absolute Gasteiger partial charge is 0.330 e.